The highest BCUT2D eigenvalue weighted by molar-refractivity contribution is 5.76. The van der Waals surface area contributed by atoms with Gasteiger partial charge in [0.1, 0.15) is 0 Å². The molecule has 0 aromatic carbocycles. The molecule has 0 aliphatic rings. The summed E-state index contributed by atoms with van der Waals surface area (Å²) in [7, 11) is 1.95. The first-order valence-electron chi connectivity index (χ1n) is 4.75. The predicted octanol–water partition coefficient (Wildman–Crippen LogP) is 2.52. The summed E-state index contributed by atoms with van der Waals surface area (Å²) in [4.78, 5) is 10.9. The van der Waals surface area contributed by atoms with Crippen molar-refractivity contribution in [3.63, 3.8) is 0 Å². The molecule has 1 aromatic heterocycles. The number of carbonyl (C=O) groups is 1. The van der Waals surface area contributed by atoms with Gasteiger partial charge in [-0.2, -0.15) is 0 Å². The lowest BCUT2D eigenvalue weighted by Crippen LogP contribution is -2.01. The van der Waals surface area contributed by atoms with Crippen molar-refractivity contribution in [2.75, 3.05) is 0 Å². The first kappa shape index (κ1) is 10.0. The standard InChI is InChI=1S/C11H17NO/c1-5-9-6-10(8(2)3)11(7-13)12(9)4/h6-8H,5H2,1-4H3. The van der Waals surface area contributed by atoms with Gasteiger partial charge in [0.15, 0.2) is 6.29 Å². The fraction of sp³-hybridized carbons (Fsp3) is 0.545. The van der Waals surface area contributed by atoms with Crippen LogP contribution < -0.4 is 0 Å². The van der Waals surface area contributed by atoms with Crippen LogP contribution >= 0.6 is 0 Å². The molecule has 0 fully saturated rings. The maximum atomic E-state index is 10.9. The first-order valence-corrected chi connectivity index (χ1v) is 4.75. The van der Waals surface area contributed by atoms with Gasteiger partial charge >= 0.3 is 0 Å². The van der Waals surface area contributed by atoms with E-state index < -0.39 is 0 Å². The van der Waals surface area contributed by atoms with Gasteiger partial charge < -0.3 is 4.57 Å². The van der Waals surface area contributed by atoms with Gasteiger partial charge in [0.25, 0.3) is 0 Å². The molecular formula is C11H17NO. The fourth-order valence-electron chi connectivity index (χ4n) is 1.65. The molecule has 1 heterocycles. The van der Waals surface area contributed by atoms with E-state index in [1.165, 1.54) is 5.69 Å². The summed E-state index contributed by atoms with van der Waals surface area (Å²) in [5, 5.41) is 0. The molecule has 0 unspecified atom stereocenters. The van der Waals surface area contributed by atoms with Crippen molar-refractivity contribution in [1.82, 2.24) is 4.57 Å². The smallest absolute Gasteiger partial charge is 0.166 e. The van der Waals surface area contributed by atoms with Gasteiger partial charge in [0, 0.05) is 12.7 Å². The summed E-state index contributed by atoms with van der Waals surface area (Å²) in [6, 6.07) is 2.13. The molecule has 0 spiro atoms. The van der Waals surface area contributed by atoms with Gasteiger partial charge in [-0.05, 0) is 24.0 Å². The molecule has 0 saturated heterocycles. The Hall–Kier alpha value is -1.05. The molecule has 2 nitrogen and oxygen atoms in total. The van der Waals surface area contributed by atoms with Gasteiger partial charge in [-0.25, -0.2) is 0 Å². The third-order valence-electron chi connectivity index (χ3n) is 2.51. The zero-order chi connectivity index (χ0) is 10.0. The van der Waals surface area contributed by atoms with E-state index in [2.05, 4.69) is 26.8 Å². The molecule has 2 heteroatoms. The normalized spacial score (nSPS) is 10.8. The van der Waals surface area contributed by atoms with Gasteiger partial charge in [-0.15, -0.1) is 0 Å². The van der Waals surface area contributed by atoms with E-state index in [4.69, 9.17) is 0 Å². The summed E-state index contributed by atoms with van der Waals surface area (Å²) in [5.41, 5.74) is 3.21. The van der Waals surface area contributed by atoms with Crippen LogP contribution in [-0.4, -0.2) is 10.9 Å². The second-order valence-corrected chi connectivity index (χ2v) is 3.66. The summed E-state index contributed by atoms with van der Waals surface area (Å²) in [5.74, 6) is 0.423. The van der Waals surface area contributed by atoms with Crippen molar-refractivity contribution in [3.05, 3.63) is 23.0 Å². The van der Waals surface area contributed by atoms with Crippen LogP contribution in [0, 0.1) is 0 Å². The summed E-state index contributed by atoms with van der Waals surface area (Å²) in [6.07, 6.45) is 1.93. The van der Waals surface area contributed by atoms with Gasteiger partial charge in [0.05, 0.1) is 5.69 Å². The summed E-state index contributed by atoms with van der Waals surface area (Å²) < 4.78 is 1.99. The molecular weight excluding hydrogens is 162 g/mol. The highest BCUT2D eigenvalue weighted by Crippen LogP contribution is 2.21. The lowest BCUT2D eigenvalue weighted by Gasteiger charge is -2.03. The number of aromatic nitrogens is 1. The largest absolute Gasteiger partial charge is 0.345 e. The number of rotatable bonds is 3. The van der Waals surface area contributed by atoms with Crippen LogP contribution in [0.4, 0.5) is 0 Å². The van der Waals surface area contributed by atoms with Crippen LogP contribution in [-0.2, 0) is 13.5 Å². The topological polar surface area (TPSA) is 22.0 Å². The zero-order valence-electron chi connectivity index (χ0n) is 8.79. The molecule has 0 bridgehead atoms. The van der Waals surface area contributed by atoms with Crippen LogP contribution in [0.3, 0.4) is 0 Å². The van der Waals surface area contributed by atoms with E-state index in [0.29, 0.717) is 5.92 Å². The molecule has 0 atom stereocenters. The van der Waals surface area contributed by atoms with Gasteiger partial charge in [-0.3, -0.25) is 4.79 Å². The number of hydrogen-bond donors (Lipinski definition) is 0. The minimum Gasteiger partial charge on any atom is -0.345 e. The van der Waals surface area contributed by atoms with Gasteiger partial charge in [-0.1, -0.05) is 20.8 Å². The van der Waals surface area contributed by atoms with Crippen molar-refractivity contribution in [3.8, 4) is 0 Å². The number of aldehydes is 1. The SMILES string of the molecule is CCc1cc(C(C)C)c(C=O)n1C. The van der Waals surface area contributed by atoms with E-state index in [9.17, 15) is 4.79 Å². The number of carbonyl (C=O) groups excluding carboxylic acids is 1. The quantitative estimate of drug-likeness (QED) is 0.653. The average molecular weight is 179 g/mol. The van der Waals surface area contributed by atoms with E-state index in [0.717, 1.165) is 24.0 Å². The van der Waals surface area contributed by atoms with Crippen LogP contribution in [0.1, 0.15) is 48.4 Å². The molecule has 0 N–H and O–H groups in total. The first-order chi connectivity index (χ1) is 6.11. The van der Waals surface area contributed by atoms with E-state index in [-0.39, 0.29) is 0 Å². The Balaban J connectivity index is 3.27. The minimum atomic E-state index is 0.423. The molecule has 72 valence electrons. The lowest BCUT2D eigenvalue weighted by molar-refractivity contribution is 0.111. The molecule has 0 aliphatic heterocycles. The predicted molar refractivity (Wildman–Crippen MR) is 54.3 cm³/mol. The van der Waals surface area contributed by atoms with Crippen LogP contribution in [0.2, 0.25) is 0 Å². The Morgan fingerprint density at radius 1 is 1.54 bits per heavy atom. The molecule has 0 radical (unpaired) electrons. The maximum Gasteiger partial charge on any atom is 0.166 e. The highest BCUT2D eigenvalue weighted by atomic mass is 16.1. The van der Waals surface area contributed by atoms with Crippen molar-refractivity contribution < 1.29 is 4.79 Å². The van der Waals surface area contributed by atoms with Crippen LogP contribution in [0.25, 0.3) is 0 Å². The summed E-state index contributed by atoms with van der Waals surface area (Å²) >= 11 is 0. The molecule has 0 aliphatic carbocycles. The molecule has 0 amide bonds. The summed E-state index contributed by atoms with van der Waals surface area (Å²) in [6.45, 7) is 6.33. The fourth-order valence-corrected chi connectivity index (χ4v) is 1.65. The van der Waals surface area contributed by atoms with Crippen molar-refractivity contribution in [2.45, 2.75) is 33.1 Å². The second kappa shape index (κ2) is 3.77. The Bertz CT molecular complexity index is 310. The monoisotopic (exact) mass is 179 g/mol. The Labute approximate surface area is 79.6 Å². The third kappa shape index (κ3) is 1.67. The molecule has 0 saturated carbocycles. The third-order valence-corrected chi connectivity index (χ3v) is 2.51. The Morgan fingerprint density at radius 2 is 2.15 bits per heavy atom. The van der Waals surface area contributed by atoms with Gasteiger partial charge in [0.2, 0.25) is 0 Å². The number of nitrogens with zero attached hydrogens (tertiary/aromatic N) is 1. The van der Waals surface area contributed by atoms with E-state index in [1.54, 1.807) is 0 Å². The van der Waals surface area contributed by atoms with Crippen LogP contribution in [0.15, 0.2) is 6.07 Å². The minimum absolute atomic E-state index is 0.423. The molecule has 1 aromatic rings. The van der Waals surface area contributed by atoms with Crippen molar-refractivity contribution in [1.29, 1.82) is 0 Å². The lowest BCUT2D eigenvalue weighted by atomic mass is 10.0. The number of aryl methyl sites for hydroxylation is 1. The van der Waals surface area contributed by atoms with E-state index >= 15 is 0 Å². The maximum absolute atomic E-state index is 10.9. The Morgan fingerprint density at radius 3 is 2.46 bits per heavy atom. The van der Waals surface area contributed by atoms with Crippen molar-refractivity contribution >= 4 is 6.29 Å². The number of hydrogen-bond acceptors (Lipinski definition) is 1. The second-order valence-electron chi connectivity index (χ2n) is 3.66. The van der Waals surface area contributed by atoms with Crippen molar-refractivity contribution in [2.24, 2.45) is 7.05 Å². The highest BCUT2D eigenvalue weighted by Gasteiger charge is 2.12. The molecule has 13 heavy (non-hydrogen) atoms. The Kier molecular flexibility index (Phi) is 2.91. The molecule has 1 rings (SSSR count). The average Bonchev–Trinajstić information content (AvgIpc) is 2.42. The van der Waals surface area contributed by atoms with E-state index in [1.807, 2.05) is 11.6 Å². The zero-order valence-corrected chi connectivity index (χ0v) is 8.79. The van der Waals surface area contributed by atoms with Crippen LogP contribution in [0.5, 0.6) is 0 Å².